The van der Waals surface area contributed by atoms with Crippen LogP contribution in [0.15, 0.2) is 6.07 Å². The Morgan fingerprint density at radius 1 is 1.50 bits per heavy atom. The van der Waals surface area contributed by atoms with Crippen LogP contribution in [0.3, 0.4) is 0 Å². The molecule has 1 fully saturated rings. The van der Waals surface area contributed by atoms with Crippen LogP contribution in [0.5, 0.6) is 0 Å². The zero-order chi connectivity index (χ0) is 13.1. The van der Waals surface area contributed by atoms with Crippen LogP contribution in [0.4, 0.5) is 5.82 Å². The van der Waals surface area contributed by atoms with Crippen molar-refractivity contribution in [2.45, 2.75) is 38.6 Å². The van der Waals surface area contributed by atoms with Crippen molar-refractivity contribution in [1.82, 2.24) is 15.3 Å². The average Bonchev–Trinajstić information content (AvgIpc) is 2.31. The molecule has 1 atom stereocenters. The summed E-state index contributed by atoms with van der Waals surface area (Å²) in [6.07, 6.45) is 1.36. The molecule has 6 heteroatoms. The lowest BCUT2D eigenvalue weighted by atomic mass is 10.1. The van der Waals surface area contributed by atoms with Gasteiger partial charge in [0.2, 0.25) is 5.91 Å². The smallest absolute Gasteiger partial charge is 0.220 e. The highest BCUT2D eigenvalue weighted by Crippen LogP contribution is 2.18. The van der Waals surface area contributed by atoms with E-state index in [1.807, 2.05) is 13.8 Å². The maximum absolute atomic E-state index is 11.1. The fourth-order valence-electron chi connectivity index (χ4n) is 1.83. The third-order valence-electron chi connectivity index (χ3n) is 2.85. The molecule has 2 N–H and O–H groups in total. The molecular formula is C12H17ClN4O. The van der Waals surface area contributed by atoms with Gasteiger partial charge in [0.15, 0.2) is 0 Å². The van der Waals surface area contributed by atoms with E-state index in [1.165, 1.54) is 0 Å². The van der Waals surface area contributed by atoms with Gasteiger partial charge >= 0.3 is 0 Å². The molecule has 1 saturated heterocycles. The number of amides is 1. The number of aromatic nitrogens is 2. The Balaban J connectivity index is 2.06. The van der Waals surface area contributed by atoms with Crippen LogP contribution in [-0.4, -0.2) is 28.5 Å². The van der Waals surface area contributed by atoms with Crippen LogP contribution in [-0.2, 0) is 4.79 Å². The van der Waals surface area contributed by atoms with Gasteiger partial charge in [-0.1, -0.05) is 25.4 Å². The Morgan fingerprint density at radius 2 is 2.28 bits per heavy atom. The zero-order valence-electron chi connectivity index (χ0n) is 10.5. The molecule has 1 unspecified atom stereocenters. The molecule has 0 bridgehead atoms. The molecule has 98 valence electrons. The molecule has 18 heavy (non-hydrogen) atoms. The summed E-state index contributed by atoms with van der Waals surface area (Å²) in [5, 5.41) is 6.55. The molecule has 0 radical (unpaired) electrons. The number of carbonyl (C=O) groups excluding carboxylic acids is 1. The quantitative estimate of drug-likeness (QED) is 0.823. The summed E-state index contributed by atoms with van der Waals surface area (Å²) in [5.74, 6) is 1.79. The first-order valence-corrected chi connectivity index (χ1v) is 6.50. The number of anilines is 1. The molecule has 1 aliphatic heterocycles. The van der Waals surface area contributed by atoms with E-state index in [2.05, 4.69) is 20.6 Å². The molecule has 1 aliphatic rings. The Labute approximate surface area is 111 Å². The molecule has 5 nitrogen and oxygen atoms in total. The zero-order valence-corrected chi connectivity index (χ0v) is 11.3. The molecule has 1 amide bonds. The van der Waals surface area contributed by atoms with Crippen molar-refractivity contribution >= 4 is 23.3 Å². The lowest BCUT2D eigenvalue weighted by Crippen LogP contribution is -2.42. The van der Waals surface area contributed by atoms with Gasteiger partial charge < -0.3 is 10.6 Å². The number of nitrogens with zero attached hydrogens (tertiary/aromatic N) is 2. The summed E-state index contributed by atoms with van der Waals surface area (Å²) < 4.78 is 0. The van der Waals surface area contributed by atoms with E-state index >= 15 is 0 Å². The molecule has 0 saturated carbocycles. The molecule has 2 heterocycles. The number of piperidine rings is 1. The minimum Gasteiger partial charge on any atom is -0.365 e. The van der Waals surface area contributed by atoms with E-state index < -0.39 is 0 Å². The molecular weight excluding hydrogens is 252 g/mol. The summed E-state index contributed by atoms with van der Waals surface area (Å²) >= 11 is 5.97. The van der Waals surface area contributed by atoms with Crippen molar-refractivity contribution in [3.63, 3.8) is 0 Å². The number of nitrogens with one attached hydrogen (secondary N) is 2. The third kappa shape index (κ3) is 3.32. The van der Waals surface area contributed by atoms with Crippen molar-refractivity contribution in [1.29, 1.82) is 0 Å². The number of rotatable bonds is 3. The number of halogens is 1. The Hall–Kier alpha value is -1.36. The Morgan fingerprint density at radius 3 is 2.89 bits per heavy atom. The largest absolute Gasteiger partial charge is 0.365 e. The SMILES string of the molecule is CC(C)c1nc(Cl)cc(NC2CCC(=O)NC2)n1. The van der Waals surface area contributed by atoms with Crippen molar-refractivity contribution in [3.8, 4) is 0 Å². The highest BCUT2D eigenvalue weighted by Gasteiger charge is 2.18. The second-order valence-corrected chi connectivity index (χ2v) is 5.16. The van der Waals surface area contributed by atoms with Gasteiger partial charge in [-0.25, -0.2) is 9.97 Å². The lowest BCUT2D eigenvalue weighted by Gasteiger charge is -2.24. The monoisotopic (exact) mass is 268 g/mol. The summed E-state index contributed by atoms with van der Waals surface area (Å²) in [4.78, 5) is 19.7. The van der Waals surface area contributed by atoms with Gasteiger partial charge in [-0.15, -0.1) is 0 Å². The van der Waals surface area contributed by atoms with Crippen LogP contribution >= 0.6 is 11.6 Å². The molecule has 1 aromatic rings. The highest BCUT2D eigenvalue weighted by molar-refractivity contribution is 6.29. The summed E-state index contributed by atoms with van der Waals surface area (Å²) in [7, 11) is 0. The second-order valence-electron chi connectivity index (χ2n) is 4.77. The van der Waals surface area contributed by atoms with Crippen LogP contribution < -0.4 is 10.6 Å². The van der Waals surface area contributed by atoms with Gasteiger partial charge in [-0.3, -0.25) is 4.79 Å². The molecule has 0 spiro atoms. The van der Waals surface area contributed by atoms with Gasteiger partial charge in [-0.2, -0.15) is 0 Å². The fraction of sp³-hybridized carbons (Fsp3) is 0.583. The van der Waals surface area contributed by atoms with E-state index in [4.69, 9.17) is 11.6 Å². The van der Waals surface area contributed by atoms with Crippen molar-refractivity contribution in [2.75, 3.05) is 11.9 Å². The predicted octanol–water partition coefficient (Wildman–Crippen LogP) is 1.94. The third-order valence-corrected chi connectivity index (χ3v) is 3.04. The number of carbonyl (C=O) groups is 1. The van der Waals surface area contributed by atoms with Gasteiger partial charge in [0.1, 0.15) is 16.8 Å². The van der Waals surface area contributed by atoms with E-state index in [0.29, 0.717) is 18.1 Å². The normalized spacial score (nSPS) is 19.8. The second kappa shape index (κ2) is 5.52. The van der Waals surface area contributed by atoms with E-state index in [0.717, 1.165) is 18.1 Å². The van der Waals surface area contributed by atoms with Gasteiger partial charge in [0.05, 0.1) is 0 Å². The standard InChI is InChI=1S/C12H17ClN4O/c1-7(2)12-16-9(13)5-10(17-12)15-8-3-4-11(18)14-6-8/h5,7-8H,3-4,6H2,1-2H3,(H,14,18)(H,15,16,17). The van der Waals surface area contributed by atoms with Crippen molar-refractivity contribution < 1.29 is 4.79 Å². The maximum Gasteiger partial charge on any atom is 0.220 e. The molecule has 0 aliphatic carbocycles. The van der Waals surface area contributed by atoms with Gasteiger partial charge in [-0.05, 0) is 6.42 Å². The van der Waals surface area contributed by atoms with Crippen LogP contribution in [0.25, 0.3) is 0 Å². The Kier molecular flexibility index (Phi) is 4.01. The summed E-state index contributed by atoms with van der Waals surface area (Å²) in [5.41, 5.74) is 0. The van der Waals surface area contributed by atoms with E-state index in [1.54, 1.807) is 6.07 Å². The minimum absolute atomic E-state index is 0.108. The minimum atomic E-state index is 0.108. The Bertz CT molecular complexity index is 440. The molecule has 1 aromatic heterocycles. The predicted molar refractivity (Wildman–Crippen MR) is 70.8 cm³/mol. The van der Waals surface area contributed by atoms with Crippen LogP contribution in [0.2, 0.25) is 5.15 Å². The first-order chi connectivity index (χ1) is 8.54. The molecule has 0 aromatic carbocycles. The van der Waals surface area contributed by atoms with Gasteiger partial charge in [0, 0.05) is 31.0 Å². The van der Waals surface area contributed by atoms with E-state index in [9.17, 15) is 4.79 Å². The topological polar surface area (TPSA) is 66.9 Å². The first kappa shape index (κ1) is 13.1. The lowest BCUT2D eigenvalue weighted by molar-refractivity contribution is -0.122. The van der Waals surface area contributed by atoms with Gasteiger partial charge in [0.25, 0.3) is 0 Å². The molecule has 2 rings (SSSR count). The summed E-state index contributed by atoms with van der Waals surface area (Å²) in [6.45, 7) is 4.67. The highest BCUT2D eigenvalue weighted by atomic mass is 35.5. The van der Waals surface area contributed by atoms with Crippen molar-refractivity contribution in [2.24, 2.45) is 0 Å². The fourth-order valence-corrected chi connectivity index (χ4v) is 2.02. The maximum atomic E-state index is 11.1. The summed E-state index contributed by atoms with van der Waals surface area (Å²) in [6, 6.07) is 1.91. The van der Waals surface area contributed by atoms with Crippen LogP contribution in [0.1, 0.15) is 38.4 Å². The number of hydrogen-bond acceptors (Lipinski definition) is 4. The van der Waals surface area contributed by atoms with Crippen LogP contribution in [0, 0.1) is 0 Å². The first-order valence-electron chi connectivity index (χ1n) is 6.12. The van der Waals surface area contributed by atoms with E-state index in [-0.39, 0.29) is 17.9 Å². The number of hydrogen-bond donors (Lipinski definition) is 2. The van der Waals surface area contributed by atoms with Crippen molar-refractivity contribution in [3.05, 3.63) is 17.0 Å². The average molecular weight is 269 g/mol.